The molecule has 6 nitrogen and oxygen atoms in total. The summed E-state index contributed by atoms with van der Waals surface area (Å²) in [5.41, 5.74) is 3.11. The number of anilines is 1. The van der Waals surface area contributed by atoms with Gasteiger partial charge >= 0.3 is 0 Å². The maximum Gasteiger partial charge on any atom is 0.257 e. The summed E-state index contributed by atoms with van der Waals surface area (Å²) in [6, 6.07) is 6.73. The summed E-state index contributed by atoms with van der Waals surface area (Å²) in [4.78, 5) is 21.9. The number of fused-ring (bicyclic) bond motifs is 1. The van der Waals surface area contributed by atoms with Gasteiger partial charge in [0, 0.05) is 39.4 Å². The maximum absolute atomic E-state index is 12.7. The molecule has 1 saturated heterocycles. The second-order valence-electron chi connectivity index (χ2n) is 7.88. The van der Waals surface area contributed by atoms with Crippen LogP contribution in [0.1, 0.15) is 48.5 Å². The van der Waals surface area contributed by atoms with Gasteiger partial charge in [-0.1, -0.05) is 37.3 Å². The van der Waals surface area contributed by atoms with E-state index in [0.29, 0.717) is 11.5 Å². The van der Waals surface area contributed by atoms with Crippen molar-refractivity contribution in [2.75, 3.05) is 25.0 Å². The van der Waals surface area contributed by atoms with Gasteiger partial charge in [0.2, 0.25) is 0 Å². The minimum absolute atomic E-state index is 0.0492. The normalized spacial score (nSPS) is 15.5. The monoisotopic (exact) mass is 397 g/mol. The van der Waals surface area contributed by atoms with Crippen molar-refractivity contribution in [1.82, 2.24) is 19.7 Å². The van der Waals surface area contributed by atoms with E-state index >= 15 is 0 Å². The molecule has 1 amide bonds. The predicted molar refractivity (Wildman–Crippen MR) is 114 cm³/mol. The van der Waals surface area contributed by atoms with E-state index in [1.165, 1.54) is 10.3 Å². The standard InChI is InChI=1S/C21H27N5OS/c1-14(2)17-6-5-7-18-19(17)23-21(28-18)26-10-8-16(9-11-26)25(4)20(27)15-12-22-24(3)13-15/h5-7,12-14,16H,8-11H2,1-4H3. The number of para-hydroxylation sites is 1. The molecule has 0 aliphatic carbocycles. The average molecular weight is 398 g/mol. The molecule has 1 aromatic carbocycles. The number of rotatable bonds is 4. The first kappa shape index (κ1) is 18.9. The number of benzene rings is 1. The summed E-state index contributed by atoms with van der Waals surface area (Å²) in [6.45, 7) is 6.28. The van der Waals surface area contributed by atoms with Crippen molar-refractivity contribution < 1.29 is 4.79 Å². The lowest BCUT2D eigenvalue weighted by atomic mass is 10.0. The Bertz CT molecular complexity index is 984. The molecule has 0 spiro atoms. The Morgan fingerprint density at radius 3 is 2.68 bits per heavy atom. The van der Waals surface area contributed by atoms with Crippen LogP contribution in [0.5, 0.6) is 0 Å². The van der Waals surface area contributed by atoms with Crippen molar-refractivity contribution >= 4 is 32.6 Å². The van der Waals surface area contributed by atoms with Crippen LogP contribution in [-0.4, -0.2) is 51.8 Å². The molecule has 148 valence electrons. The van der Waals surface area contributed by atoms with Gasteiger partial charge in [-0.3, -0.25) is 9.48 Å². The molecule has 0 bridgehead atoms. The van der Waals surface area contributed by atoms with E-state index < -0.39 is 0 Å². The zero-order valence-corrected chi connectivity index (χ0v) is 17.7. The third kappa shape index (κ3) is 3.51. The topological polar surface area (TPSA) is 54.3 Å². The molecule has 0 N–H and O–H groups in total. The fourth-order valence-electron chi connectivity index (χ4n) is 3.90. The molecule has 4 rings (SSSR count). The van der Waals surface area contributed by atoms with E-state index in [0.717, 1.165) is 36.6 Å². The first-order valence-corrected chi connectivity index (χ1v) is 10.7. The molecule has 0 radical (unpaired) electrons. The first-order chi connectivity index (χ1) is 13.4. The SMILES string of the molecule is CC(C)c1cccc2sc(N3CCC(N(C)C(=O)c4cnn(C)c4)CC3)nc12. The van der Waals surface area contributed by atoms with E-state index in [4.69, 9.17) is 4.98 Å². The predicted octanol–water partition coefficient (Wildman–Crippen LogP) is 3.89. The Morgan fingerprint density at radius 1 is 1.29 bits per heavy atom. The van der Waals surface area contributed by atoms with Crippen molar-refractivity contribution in [2.45, 2.75) is 38.6 Å². The molecule has 1 fully saturated rings. The summed E-state index contributed by atoms with van der Waals surface area (Å²) in [7, 11) is 3.74. The van der Waals surface area contributed by atoms with E-state index in [2.05, 4.69) is 42.0 Å². The van der Waals surface area contributed by atoms with Gasteiger partial charge in [0.1, 0.15) is 0 Å². The van der Waals surface area contributed by atoms with Gasteiger partial charge in [0.05, 0.1) is 22.0 Å². The van der Waals surface area contributed by atoms with Crippen LogP contribution >= 0.6 is 11.3 Å². The summed E-state index contributed by atoms with van der Waals surface area (Å²) < 4.78 is 2.93. The Kier molecular flexibility index (Phi) is 5.10. The number of carbonyl (C=O) groups excluding carboxylic acids is 1. The highest BCUT2D eigenvalue weighted by Crippen LogP contribution is 2.34. The Hall–Kier alpha value is -2.41. The van der Waals surface area contributed by atoms with E-state index in [9.17, 15) is 4.79 Å². The Labute approximate surface area is 169 Å². The molecule has 1 aliphatic heterocycles. The first-order valence-electron chi connectivity index (χ1n) is 9.84. The quantitative estimate of drug-likeness (QED) is 0.670. The highest BCUT2D eigenvalue weighted by atomic mass is 32.1. The average Bonchev–Trinajstić information content (AvgIpc) is 3.32. The number of aryl methyl sites for hydroxylation is 1. The van der Waals surface area contributed by atoms with Crippen LogP contribution < -0.4 is 4.90 Å². The molecule has 3 aromatic rings. The van der Waals surface area contributed by atoms with Crippen LogP contribution in [0.2, 0.25) is 0 Å². The summed E-state index contributed by atoms with van der Waals surface area (Å²) in [5, 5.41) is 5.21. The van der Waals surface area contributed by atoms with Crippen LogP contribution in [0.4, 0.5) is 5.13 Å². The molecule has 7 heteroatoms. The molecule has 1 aliphatic rings. The lowest BCUT2D eigenvalue weighted by Gasteiger charge is -2.36. The van der Waals surface area contributed by atoms with Gasteiger partial charge < -0.3 is 9.80 Å². The third-order valence-corrected chi connectivity index (χ3v) is 6.70. The lowest BCUT2D eigenvalue weighted by Crippen LogP contribution is -2.45. The highest BCUT2D eigenvalue weighted by Gasteiger charge is 2.28. The van der Waals surface area contributed by atoms with Crippen LogP contribution in [0.3, 0.4) is 0 Å². The zero-order chi connectivity index (χ0) is 19.8. The summed E-state index contributed by atoms with van der Waals surface area (Å²) in [5.74, 6) is 0.518. The fraction of sp³-hybridized carbons (Fsp3) is 0.476. The van der Waals surface area contributed by atoms with Crippen LogP contribution in [-0.2, 0) is 7.05 Å². The number of amides is 1. The van der Waals surface area contributed by atoms with Gasteiger partial charge in [-0.2, -0.15) is 5.10 Å². The van der Waals surface area contributed by atoms with Gasteiger partial charge in [-0.25, -0.2) is 4.98 Å². The molecule has 2 aromatic heterocycles. The number of thiazole rings is 1. The Balaban J connectivity index is 1.45. The van der Waals surface area contributed by atoms with Crippen LogP contribution in [0.25, 0.3) is 10.2 Å². The highest BCUT2D eigenvalue weighted by molar-refractivity contribution is 7.22. The largest absolute Gasteiger partial charge is 0.348 e. The summed E-state index contributed by atoms with van der Waals surface area (Å²) >= 11 is 1.77. The van der Waals surface area contributed by atoms with E-state index in [1.807, 2.05) is 19.0 Å². The molecule has 3 heterocycles. The van der Waals surface area contributed by atoms with E-state index in [1.54, 1.807) is 28.4 Å². The number of carbonyl (C=O) groups is 1. The van der Waals surface area contributed by atoms with Crippen molar-refractivity contribution in [3.63, 3.8) is 0 Å². The second-order valence-corrected chi connectivity index (χ2v) is 8.89. The molecule has 0 unspecified atom stereocenters. The molecule has 0 atom stereocenters. The number of nitrogens with zero attached hydrogens (tertiary/aromatic N) is 5. The maximum atomic E-state index is 12.7. The number of aromatic nitrogens is 3. The summed E-state index contributed by atoms with van der Waals surface area (Å²) in [6.07, 6.45) is 5.33. The van der Waals surface area contributed by atoms with Crippen LogP contribution in [0, 0.1) is 0 Å². The molecule has 28 heavy (non-hydrogen) atoms. The van der Waals surface area contributed by atoms with E-state index in [-0.39, 0.29) is 11.9 Å². The third-order valence-electron chi connectivity index (χ3n) is 5.62. The van der Waals surface area contributed by atoms with Gasteiger partial charge in [0.15, 0.2) is 5.13 Å². The number of hydrogen-bond donors (Lipinski definition) is 0. The number of piperidine rings is 1. The van der Waals surface area contributed by atoms with Gasteiger partial charge in [-0.15, -0.1) is 0 Å². The minimum atomic E-state index is 0.0492. The van der Waals surface area contributed by atoms with Gasteiger partial charge in [-0.05, 0) is 30.4 Å². The zero-order valence-electron chi connectivity index (χ0n) is 16.9. The molecular formula is C21H27N5OS. The lowest BCUT2D eigenvalue weighted by molar-refractivity contribution is 0.0709. The fourth-order valence-corrected chi connectivity index (χ4v) is 4.96. The van der Waals surface area contributed by atoms with Crippen LogP contribution in [0.15, 0.2) is 30.6 Å². The van der Waals surface area contributed by atoms with Gasteiger partial charge in [0.25, 0.3) is 5.91 Å². The van der Waals surface area contributed by atoms with Crippen molar-refractivity contribution in [1.29, 1.82) is 0 Å². The van der Waals surface area contributed by atoms with Crippen molar-refractivity contribution in [3.8, 4) is 0 Å². The Morgan fingerprint density at radius 2 is 2.04 bits per heavy atom. The molecule has 0 saturated carbocycles. The van der Waals surface area contributed by atoms with Crippen molar-refractivity contribution in [3.05, 3.63) is 41.7 Å². The van der Waals surface area contributed by atoms with Crippen molar-refractivity contribution in [2.24, 2.45) is 7.05 Å². The molecular weight excluding hydrogens is 370 g/mol. The smallest absolute Gasteiger partial charge is 0.257 e. The number of hydrogen-bond acceptors (Lipinski definition) is 5. The second kappa shape index (κ2) is 7.54. The minimum Gasteiger partial charge on any atom is -0.348 e.